The molecular weight excluding hydrogens is 1300 g/mol. The van der Waals surface area contributed by atoms with Crippen molar-refractivity contribution in [3.63, 3.8) is 0 Å². The Hall–Kier alpha value is -9.12. The molecule has 8 aromatic rings. The van der Waals surface area contributed by atoms with Gasteiger partial charge in [-0.15, -0.1) is 0 Å². The van der Waals surface area contributed by atoms with E-state index in [2.05, 4.69) is 5.32 Å². The first-order valence-electron chi connectivity index (χ1n) is 33.5. The van der Waals surface area contributed by atoms with Crippen LogP contribution >= 0.6 is 0 Å². The van der Waals surface area contributed by atoms with E-state index in [1.165, 1.54) is 24.3 Å². The molecule has 5 saturated heterocycles. The maximum absolute atomic E-state index is 14.8. The van der Waals surface area contributed by atoms with Crippen LogP contribution in [0.5, 0.6) is 0 Å². The minimum Gasteiger partial charge on any atom is -0.459 e. The first-order chi connectivity index (χ1) is 49.5. The van der Waals surface area contributed by atoms with Crippen LogP contribution in [0.4, 0.5) is 4.79 Å². The Morgan fingerprint density at radius 3 is 1.50 bits per heavy atom. The maximum Gasteiger partial charge on any atom is 0.407 e. The fourth-order valence-corrected chi connectivity index (χ4v) is 13.4. The third kappa shape index (κ3) is 15.8. The van der Waals surface area contributed by atoms with E-state index in [1.807, 2.05) is 84.9 Å². The molecule has 0 saturated carbocycles. The highest BCUT2D eigenvalue weighted by molar-refractivity contribution is 5.90. The first-order valence-corrected chi connectivity index (χ1v) is 33.5. The average Bonchev–Trinajstić information content (AvgIpc) is 1.65. The lowest BCUT2D eigenvalue weighted by Crippen LogP contribution is -2.69. The number of benzene rings is 8. The van der Waals surface area contributed by atoms with Crippen LogP contribution in [0.1, 0.15) is 72.6 Å². The van der Waals surface area contributed by atoms with Gasteiger partial charge in [-0.2, -0.15) is 0 Å². The van der Waals surface area contributed by atoms with Gasteiger partial charge in [0.05, 0.1) is 44.2 Å². The lowest BCUT2D eigenvalue weighted by molar-refractivity contribution is -0.413. The van der Waals surface area contributed by atoms with E-state index in [4.69, 9.17) is 71.1 Å². The third-order valence-corrected chi connectivity index (χ3v) is 18.5. The molecule has 5 aliphatic heterocycles. The molecule has 0 radical (unpaired) electrons. The molecular formula is C78H75NO22. The summed E-state index contributed by atoms with van der Waals surface area (Å²) >= 11 is 0. The monoisotopic (exact) mass is 1380 g/mol. The third-order valence-electron chi connectivity index (χ3n) is 18.5. The highest BCUT2D eigenvalue weighted by atomic mass is 16.8. The van der Waals surface area contributed by atoms with Crippen molar-refractivity contribution in [3.8, 4) is 11.1 Å². The van der Waals surface area contributed by atoms with Crippen molar-refractivity contribution in [2.75, 3.05) is 33.0 Å². The summed E-state index contributed by atoms with van der Waals surface area (Å²) in [6, 6.07) is 66.2. The molecule has 5 fully saturated rings. The predicted molar refractivity (Wildman–Crippen MR) is 355 cm³/mol. The second-order valence-electron chi connectivity index (χ2n) is 25.0. The summed E-state index contributed by atoms with van der Waals surface area (Å²) < 4.78 is 97.8. The largest absolute Gasteiger partial charge is 0.459 e. The molecule has 0 bridgehead atoms. The topological polar surface area (TPSA) is 279 Å². The van der Waals surface area contributed by atoms with Gasteiger partial charge in [-0.25, -0.2) is 19.2 Å². The summed E-state index contributed by atoms with van der Waals surface area (Å²) in [5, 5.41) is 38.5. The fourth-order valence-electron chi connectivity index (χ4n) is 13.4. The van der Waals surface area contributed by atoms with Crippen molar-refractivity contribution in [2.45, 2.75) is 130 Å². The number of fused-ring (bicyclic) bond motifs is 5. The minimum absolute atomic E-state index is 0.0976. The van der Waals surface area contributed by atoms with Crippen LogP contribution in [0.2, 0.25) is 0 Å². The SMILES string of the molecule is O=C(N[C@@H](CO[C@@H]1O[C@H](CO)[C@@H](O[C@@H]2O[C@@H]3COC(c4ccccc4)O[C@@H]3[C@H](O[C@@H]3O[C@@H]4COC(c5ccccc5)O[C@@H]4[C@H](O)[C@H]3O)[C@H]2OC(=O)c2ccccc2)[C@H](OCc2ccccc2)[C@H]1OC(=O)c1ccccc1)C(=O)OCc1ccccc1)OCC1c2ccccc2-c2ccccc21. The molecule has 4 N–H and O–H groups in total. The van der Waals surface area contributed by atoms with Gasteiger partial charge in [0.2, 0.25) is 0 Å². The van der Waals surface area contributed by atoms with Gasteiger partial charge < -0.3 is 91.7 Å². The van der Waals surface area contributed by atoms with Gasteiger partial charge in [0.25, 0.3) is 0 Å². The van der Waals surface area contributed by atoms with Gasteiger partial charge in [-0.1, -0.05) is 206 Å². The summed E-state index contributed by atoms with van der Waals surface area (Å²) in [6.45, 7) is -2.34. The van der Waals surface area contributed by atoms with Gasteiger partial charge in [-0.3, -0.25) is 0 Å². The van der Waals surface area contributed by atoms with Crippen molar-refractivity contribution in [1.29, 1.82) is 0 Å². The second kappa shape index (κ2) is 32.3. The standard InChI is InChI=1S/C78H75NO22/c80-39-58-64(100-77-69(97-71(84)49-29-13-4-14-30-49)67(65-60(95-77)45-91-74(99-65)51-33-17-6-18-34-51)101-75-62(82)61(81)63-59(94-75)44-90-73(98-63)50-31-15-5-16-32-50)66(87-40-46-23-7-1-8-24-46)68(96-70(83)48-27-11-3-12-28-48)76(93-58)89-43-57(72(85)88-41-47-25-9-2-10-26-47)79-78(86)92-42-56-54-37-21-19-35-52(54)53-36-20-22-38-55(53)56/h1-38,56-69,73-77,80-82H,39-45H2,(H,79,86)/t57-,58+,59+,60+,61+,62+,63-,64+,65-,66-,67-,68+,69+,73?,74?,75-,76+,77-/m0/s1. The zero-order valence-corrected chi connectivity index (χ0v) is 54.5. The summed E-state index contributed by atoms with van der Waals surface area (Å²) in [4.78, 5) is 58.1. The van der Waals surface area contributed by atoms with Crippen LogP contribution in [0, 0.1) is 0 Å². The van der Waals surface area contributed by atoms with E-state index in [0.29, 0.717) is 22.3 Å². The average molecular weight is 1380 g/mol. The van der Waals surface area contributed by atoms with Crippen molar-refractivity contribution in [2.24, 2.45) is 0 Å². The van der Waals surface area contributed by atoms with Crippen LogP contribution in [-0.2, 0) is 89.1 Å². The number of esters is 3. The molecule has 1 amide bonds. The summed E-state index contributed by atoms with van der Waals surface area (Å²) in [5.74, 6) is -3.04. The van der Waals surface area contributed by atoms with E-state index < -0.39 is 148 Å². The van der Waals surface area contributed by atoms with Crippen LogP contribution in [0.3, 0.4) is 0 Å². The van der Waals surface area contributed by atoms with Gasteiger partial charge in [0, 0.05) is 17.0 Å². The molecule has 5 heterocycles. The van der Waals surface area contributed by atoms with Crippen LogP contribution in [0.25, 0.3) is 11.1 Å². The number of ether oxygens (including phenoxy) is 15. The molecule has 0 aromatic heterocycles. The Morgan fingerprint density at radius 1 is 0.455 bits per heavy atom. The number of hydrogen-bond donors (Lipinski definition) is 4. The molecule has 23 nitrogen and oxygen atoms in total. The normalized spacial score (nSPS) is 28.5. The quantitative estimate of drug-likeness (QED) is 0.0344. The van der Waals surface area contributed by atoms with E-state index in [9.17, 15) is 34.5 Å². The smallest absolute Gasteiger partial charge is 0.407 e. The van der Waals surface area contributed by atoms with E-state index >= 15 is 0 Å². The molecule has 101 heavy (non-hydrogen) atoms. The molecule has 23 heteroatoms. The van der Waals surface area contributed by atoms with Crippen LogP contribution in [0.15, 0.2) is 231 Å². The van der Waals surface area contributed by atoms with Crippen LogP contribution in [-0.4, -0.2) is 171 Å². The van der Waals surface area contributed by atoms with E-state index in [-0.39, 0.29) is 50.1 Å². The molecule has 18 atom stereocenters. The predicted octanol–water partition coefficient (Wildman–Crippen LogP) is 8.58. The number of hydrogen-bond acceptors (Lipinski definition) is 22. The number of carbonyl (C=O) groups excluding carboxylic acids is 4. The lowest BCUT2D eigenvalue weighted by Gasteiger charge is -2.52. The zero-order valence-electron chi connectivity index (χ0n) is 54.5. The Bertz CT molecular complexity index is 3990. The molecule has 524 valence electrons. The van der Waals surface area contributed by atoms with E-state index in [1.54, 1.807) is 121 Å². The molecule has 6 aliphatic rings. The second-order valence-corrected chi connectivity index (χ2v) is 25.0. The Labute approximate surface area is 581 Å². The molecule has 1 aliphatic carbocycles. The van der Waals surface area contributed by atoms with Crippen molar-refractivity contribution < 1.29 is 106 Å². The highest BCUT2D eigenvalue weighted by Crippen LogP contribution is 2.46. The summed E-state index contributed by atoms with van der Waals surface area (Å²) in [7, 11) is 0. The Kier molecular flexibility index (Phi) is 22.0. The number of carbonyl (C=O) groups is 4. The molecule has 14 rings (SSSR count). The maximum atomic E-state index is 14.8. The number of amides is 1. The number of aliphatic hydroxyl groups excluding tert-OH is 3. The number of nitrogens with one attached hydrogen (secondary N) is 1. The van der Waals surface area contributed by atoms with Gasteiger partial charge in [0.15, 0.2) is 49.7 Å². The molecule has 2 unspecified atom stereocenters. The zero-order chi connectivity index (χ0) is 69.2. The summed E-state index contributed by atoms with van der Waals surface area (Å²) in [6.07, 6.45) is -25.7. The van der Waals surface area contributed by atoms with Crippen molar-refractivity contribution >= 4 is 24.0 Å². The number of aliphatic hydroxyl groups is 3. The summed E-state index contributed by atoms with van der Waals surface area (Å²) in [5.41, 5.74) is 6.69. The Balaban J connectivity index is 0.797. The Morgan fingerprint density at radius 2 is 0.931 bits per heavy atom. The molecule has 8 aromatic carbocycles. The van der Waals surface area contributed by atoms with Crippen molar-refractivity contribution in [1.82, 2.24) is 5.32 Å². The number of rotatable bonds is 23. The van der Waals surface area contributed by atoms with E-state index in [0.717, 1.165) is 22.3 Å². The highest BCUT2D eigenvalue weighted by Gasteiger charge is 2.60. The van der Waals surface area contributed by atoms with Gasteiger partial charge >= 0.3 is 24.0 Å². The molecule has 0 spiro atoms. The lowest BCUT2D eigenvalue weighted by atomic mass is 9.94. The first kappa shape index (κ1) is 69.0. The van der Waals surface area contributed by atoms with Crippen LogP contribution < -0.4 is 5.32 Å². The van der Waals surface area contributed by atoms with Gasteiger partial charge in [-0.05, 0) is 57.6 Å². The van der Waals surface area contributed by atoms with Gasteiger partial charge in [0.1, 0.15) is 74.3 Å². The fraction of sp³-hybridized carbons (Fsp3) is 0.333. The number of alkyl carbamates (subject to hydrolysis) is 1. The van der Waals surface area contributed by atoms with Crippen molar-refractivity contribution in [3.05, 3.63) is 275 Å². The minimum atomic E-state index is -1.81.